The summed E-state index contributed by atoms with van der Waals surface area (Å²) < 4.78 is 32.4. The van der Waals surface area contributed by atoms with Crippen molar-refractivity contribution in [3.05, 3.63) is 48.9 Å². The van der Waals surface area contributed by atoms with Gasteiger partial charge in [-0.25, -0.2) is 8.42 Å². The highest BCUT2D eigenvalue weighted by Gasteiger charge is 2.29. The van der Waals surface area contributed by atoms with Gasteiger partial charge in [-0.3, -0.25) is 9.78 Å². The second-order valence-corrected chi connectivity index (χ2v) is 8.36. The van der Waals surface area contributed by atoms with Gasteiger partial charge < -0.3 is 9.84 Å². The topological polar surface area (TPSA) is 105 Å². The first-order valence-electron chi connectivity index (χ1n) is 8.42. The van der Waals surface area contributed by atoms with Gasteiger partial charge in [0, 0.05) is 24.2 Å². The zero-order valence-electron chi connectivity index (χ0n) is 15.0. The predicted octanol–water partition coefficient (Wildman–Crippen LogP) is 2.51. The summed E-state index contributed by atoms with van der Waals surface area (Å²) in [4.78, 5) is 16.6. The van der Waals surface area contributed by atoms with Crippen molar-refractivity contribution in [2.45, 2.75) is 18.7 Å². The number of fused-ring (bicyclic) bond motifs is 1. The lowest BCUT2D eigenvalue weighted by molar-refractivity contribution is -0.116. The van der Waals surface area contributed by atoms with Gasteiger partial charge >= 0.3 is 0 Å². The van der Waals surface area contributed by atoms with Crippen LogP contribution in [-0.2, 0) is 14.8 Å². The summed E-state index contributed by atoms with van der Waals surface area (Å²) in [7, 11) is -3.93. The monoisotopic (exact) mass is 388 g/mol. The maximum atomic E-state index is 13.3. The normalized spacial score (nSPS) is 12.0. The maximum absolute atomic E-state index is 13.3. The highest BCUT2D eigenvalue weighted by molar-refractivity contribution is 7.89. The van der Waals surface area contributed by atoms with Crippen LogP contribution in [0.25, 0.3) is 10.9 Å². The van der Waals surface area contributed by atoms with Crippen molar-refractivity contribution >= 4 is 32.7 Å². The predicted molar refractivity (Wildman–Crippen MR) is 100 cm³/mol. The Morgan fingerprint density at radius 2 is 2.00 bits per heavy atom. The first-order chi connectivity index (χ1) is 12.9. The molecule has 8 nitrogen and oxygen atoms in total. The molecular weight excluding hydrogens is 368 g/mol. The molecule has 27 heavy (non-hydrogen) atoms. The van der Waals surface area contributed by atoms with Crippen molar-refractivity contribution in [2.24, 2.45) is 5.92 Å². The molecule has 142 valence electrons. The van der Waals surface area contributed by atoms with Crippen LogP contribution in [0.3, 0.4) is 0 Å². The third-order valence-corrected chi connectivity index (χ3v) is 5.65. The molecule has 2 aromatic heterocycles. The quantitative estimate of drug-likeness (QED) is 0.667. The number of hydrogen-bond acceptors (Lipinski definition) is 6. The molecule has 0 aliphatic heterocycles. The third-order valence-electron chi connectivity index (χ3n) is 3.81. The van der Waals surface area contributed by atoms with Crippen molar-refractivity contribution in [1.29, 1.82) is 0 Å². The highest BCUT2D eigenvalue weighted by Crippen LogP contribution is 2.24. The van der Waals surface area contributed by atoms with Gasteiger partial charge in [0.15, 0.2) is 5.82 Å². The number of benzene rings is 1. The summed E-state index contributed by atoms with van der Waals surface area (Å²) in [6.45, 7) is 3.63. The minimum atomic E-state index is -3.93. The molecule has 0 saturated heterocycles. The van der Waals surface area contributed by atoms with Crippen molar-refractivity contribution in [1.82, 2.24) is 14.4 Å². The smallest absolute Gasteiger partial charge is 0.245 e. The molecule has 9 heteroatoms. The first kappa shape index (κ1) is 19.0. The Kier molecular flexibility index (Phi) is 5.52. The lowest BCUT2D eigenvalue weighted by Crippen LogP contribution is -2.40. The maximum Gasteiger partial charge on any atom is 0.245 e. The number of carbonyl (C=O) groups excluding carboxylic acids is 1. The lowest BCUT2D eigenvalue weighted by Gasteiger charge is -2.23. The van der Waals surface area contributed by atoms with E-state index >= 15 is 0 Å². The van der Waals surface area contributed by atoms with Gasteiger partial charge in [0.05, 0.1) is 12.1 Å². The molecule has 0 aliphatic rings. The molecule has 1 N–H and O–H groups in total. The van der Waals surface area contributed by atoms with E-state index in [1.165, 1.54) is 18.4 Å². The number of hydrogen-bond donors (Lipinski definition) is 1. The summed E-state index contributed by atoms with van der Waals surface area (Å²) in [5.41, 5.74) is 0.380. The fourth-order valence-corrected chi connectivity index (χ4v) is 4.42. The number of anilines is 1. The van der Waals surface area contributed by atoms with Gasteiger partial charge in [-0.15, -0.1) is 0 Å². The Morgan fingerprint density at radius 3 is 2.70 bits per heavy atom. The lowest BCUT2D eigenvalue weighted by atomic mass is 10.2. The number of pyridine rings is 1. The van der Waals surface area contributed by atoms with Gasteiger partial charge in [-0.2, -0.15) is 4.31 Å². The summed E-state index contributed by atoms with van der Waals surface area (Å²) in [6, 6.07) is 9.99. The minimum absolute atomic E-state index is 0.0301. The molecule has 1 aromatic carbocycles. The molecule has 0 radical (unpaired) electrons. The number of carbonyl (C=O) groups is 1. The second-order valence-electron chi connectivity index (χ2n) is 6.46. The minimum Gasteiger partial charge on any atom is -0.363 e. The number of sulfonamides is 1. The van der Waals surface area contributed by atoms with Crippen LogP contribution in [0.5, 0.6) is 0 Å². The van der Waals surface area contributed by atoms with Gasteiger partial charge in [0.2, 0.25) is 15.9 Å². The highest BCUT2D eigenvalue weighted by atomic mass is 32.2. The van der Waals surface area contributed by atoms with Crippen LogP contribution in [0.1, 0.15) is 13.8 Å². The summed E-state index contributed by atoms with van der Waals surface area (Å²) in [5, 5.41) is 6.84. The molecule has 3 aromatic rings. The Labute approximate surface area is 157 Å². The Hall–Kier alpha value is -2.78. The fraction of sp³-hybridized carbons (Fsp3) is 0.278. The molecule has 0 spiro atoms. The van der Waals surface area contributed by atoms with E-state index in [9.17, 15) is 13.2 Å². The van der Waals surface area contributed by atoms with Crippen LogP contribution < -0.4 is 5.32 Å². The van der Waals surface area contributed by atoms with Crippen molar-refractivity contribution in [3.8, 4) is 0 Å². The van der Waals surface area contributed by atoms with Crippen molar-refractivity contribution < 1.29 is 17.7 Å². The van der Waals surface area contributed by atoms with E-state index < -0.39 is 15.9 Å². The SMILES string of the molecule is CC(C)CN(CC(=O)Nc1ccon1)S(=O)(=O)c1cccc2cccnc12. The standard InChI is InChI=1S/C18H20N4O4S/c1-13(2)11-22(12-17(23)20-16-8-10-26-21-16)27(24,25)15-7-3-5-14-6-4-9-19-18(14)15/h3-10,13H,11-12H2,1-2H3,(H,20,21,23). The van der Waals surface area contributed by atoms with E-state index in [0.717, 1.165) is 9.69 Å². The van der Waals surface area contributed by atoms with Crippen LogP contribution >= 0.6 is 0 Å². The van der Waals surface area contributed by atoms with Crippen LogP contribution in [0.15, 0.2) is 58.3 Å². The Morgan fingerprint density at radius 1 is 1.22 bits per heavy atom. The summed E-state index contributed by atoms with van der Waals surface area (Å²) in [5.74, 6) is -0.238. The first-order valence-corrected chi connectivity index (χ1v) is 9.86. The fourth-order valence-electron chi connectivity index (χ4n) is 2.70. The van der Waals surface area contributed by atoms with E-state index in [4.69, 9.17) is 0 Å². The molecular formula is C18H20N4O4S. The number of nitrogens with one attached hydrogen (secondary N) is 1. The van der Waals surface area contributed by atoms with Gasteiger partial charge in [0.1, 0.15) is 11.2 Å². The average molecular weight is 388 g/mol. The van der Waals surface area contributed by atoms with Crippen molar-refractivity contribution in [2.75, 3.05) is 18.4 Å². The Balaban J connectivity index is 1.94. The summed E-state index contributed by atoms with van der Waals surface area (Å²) in [6.07, 6.45) is 2.87. The molecule has 3 rings (SSSR count). The molecule has 0 unspecified atom stereocenters. The van der Waals surface area contributed by atoms with E-state index in [1.807, 2.05) is 13.8 Å². The number of nitrogens with zero attached hydrogens (tertiary/aromatic N) is 3. The van der Waals surface area contributed by atoms with Crippen LogP contribution in [0.2, 0.25) is 0 Å². The molecule has 1 amide bonds. The molecule has 0 bridgehead atoms. The molecule has 2 heterocycles. The largest absolute Gasteiger partial charge is 0.363 e. The van der Waals surface area contributed by atoms with E-state index in [1.54, 1.807) is 30.5 Å². The van der Waals surface area contributed by atoms with E-state index in [0.29, 0.717) is 5.52 Å². The van der Waals surface area contributed by atoms with Gasteiger partial charge in [-0.1, -0.05) is 37.2 Å². The van der Waals surface area contributed by atoms with Crippen molar-refractivity contribution in [3.63, 3.8) is 0 Å². The molecule has 0 saturated carbocycles. The van der Waals surface area contributed by atoms with E-state index in [-0.39, 0.29) is 29.7 Å². The zero-order chi connectivity index (χ0) is 19.4. The van der Waals surface area contributed by atoms with Gasteiger partial charge in [-0.05, 0) is 18.1 Å². The number of para-hydroxylation sites is 1. The van der Waals surface area contributed by atoms with Crippen LogP contribution in [0, 0.1) is 5.92 Å². The number of rotatable bonds is 7. The Bertz CT molecular complexity index is 1030. The molecule has 0 aliphatic carbocycles. The van der Waals surface area contributed by atoms with Crippen LogP contribution in [-0.4, -0.2) is 41.9 Å². The van der Waals surface area contributed by atoms with E-state index in [2.05, 4.69) is 20.0 Å². The average Bonchev–Trinajstić information content (AvgIpc) is 3.13. The second kappa shape index (κ2) is 7.85. The number of amides is 1. The molecule has 0 atom stereocenters. The third kappa shape index (κ3) is 4.32. The summed E-state index contributed by atoms with van der Waals surface area (Å²) >= 11 is 0. The van der Waals surface area contributed by atoms with Gasteiger partial charge in [0.25, 0.3) is 0 Å². The zero-order valence-corrected chi connectivity index (χ0v) is 15.8. The van der Waals surface area contributed by atoms with Crippen LogP contribution in [0.4, 0.5) is 5.82 Å². The number of aromatic nitrogens is 2. The molecule has 0 fully saturated rings.